The van der Waals surface area contributed by atoms with Gasteiger partial charge in [-0.2, -0.15) is 0 Å². The number of aldehydes is 2. The molecule has 0 aliphatic carbocycles. The first kappa shape index (κ1) is 30.4. The lowest BCUT2D eigenvalue weighted by Gasteiger charge is -2.46. The summed E-state index contributed by atoms with van der Waals surface area (Å²) in [5, 5.41) is 7.23. The van der Waals surface area contributed by atoms with Crippen LogP contribution in [0.2, 0.25) is 0 Å². The quantitative estimate of drug-likeness (QED) is 0.582. The molecule has 6 heteroatoms. The largest absolute Gasteiger partial charge is 0.381 e. The van der Waals surface area contributed by atoms with Gasteiger partial charge in [0.05, 0.1) is 12.2 Å². The normalized spacial score (nSPS) is 22.9. The van der Waals surface area contributed by atoms with E-state index in [-0.39, 0.29) is 22.2 Å². The van der Waals surface area contributed by atoms with E-state index in [4.69, 9.17) is 9.47 Å². The topological polar surface area (TPSA) is 76.7 Å². The fourth-order valence-corrected chi connectivity index (χ4v) is 5.44. The van der Waals surface area contributed by atoms with Crippen molar-refractivity contribution in [3.05, 3.63) is 35.4 Å². The zero-order valence-electron chi connectivity index (χ0n) is 23.1. The number of hydrogen-bond acceptors (Lipinski definition) is 6. The Balaban J connectivity index is 0.000000256. The van der Waals surface area contributed by atoms with E-state index >= 15 is 0 Å². The summed E-state index contributed by atoms with van der Waals surface area (Å²) in [4.78, 5) is 20.2. The lowest BCUT2D eigenvalue weighted by Crippen LogP contribution is -2.59. The van der Waals surface area contributed by atoms with E-state index in [9.17, 15) is 9.59 Å². The zero-order chi connectivity index (χ0) is 26.2. The highest BCUT2D eigenvalue weighted by Gasteiger charge is 2.38. The van der Waals surface area contributed by atoms with Gasteiger partial charge in [-0.1, -0.05) is 24.3 Å². The number of benzene rings is 1. The third-order valence-corrected chi connectivity index (χ3v) is 6.18. The second-order valence-electron chi connectivity index (χ2n) is 12.2. The molecule has 0 amide bonds. The Morgan fingerprint density at radius 2 is 0.853 bits per heavy atom. The lowest BCUT2D eigenvalue weighted by atomic mass is 9.81. The van der Waals surface area contributed by atoms with Crippen molar-refractivity contribution in [1.82, 2.24) is 10.6 Å². The van der Waals surface area contributed by atoms with Crippen LogP contribution in [0.1, 0.15) is 102 Å². The van der Waals surface area contributed by atoms with Crippen LogP contribution in [0.4, 0.5) is 0 Å². The first-order valence-electron chi connectivity index (χ1n) is 12.2. The van der Waals surface area contributed by atoms with Crippen LogP contribution in [0.5, 0.6) is 0 Å². The number of nitrogens with one attached hydrogen (secondary N) is 2. The van der Waals surface area contributed by atoms with Crippen LogP contribution in [0, 0.1) is 0 Å². The molecule has 1 aromatic rings. The maximum atomic E-state index is 10.1. The van der Waals surface area contributed by atoms with Gasteiger partial charge in [0.15, 0.2) is 0 Å². The number of methoxy groups -OCH3 is 2. The van der Waals surface area contributed by atoms with Gasteiger partial charge in [0, 0.05) is 47.5 Å². The molecule has 6 nitrogen and oxygen atoms in total. The van der Waals surface area contributed by atoms with E-state index in [1.807, 2.05) is 14.2 Å². The number of carbonyl (C=O) groups excluding carboxylic acids is 2. The Labute approximate surface area is 207 Å². The molecule has 2 heterocycles. The minimum absolute atomic E-state index is 0.211. The summed E-state index contributed by atoms with van der Waals surface area (Å²) in [5.74, 6) is 0. The van der Waals surface area contributed by atoms with Crippen molar-refractivity contribution in [1.29, 1.82) is 0 Å². The van der Waals surface area contributed by atoms with E-state index in [2.05, 4.69) is 66.0 Å². The Morgan fingerprint density at radius 1 is 0.618 bits per heavy atom. The summed E-state index contributed by atoms with van der Waals surface area (Å²) in [6.07, 6.45) is 6.73. The average Bonchev–Trinajstić information content (AvgIpc) is 2.70. The standard InChI is InChI=1S/2C10H21NO.C8H6O2/c2*1-9(2)6-8(12-5)7-10(3,4)11-9;9-5-7-1-2-8(6-10)4-3-7/h2*8,11H,6-7H2,1-5H3;1-6H. The van der Waals surface area contributed by atoms with E-state index in [1.165, 1.54) is 0 Å². The first-order valence-corrected chi connectivity index (χ1v) is 12.2. The summed E-state index contributed by atoms with van der Waals surface area (Å²) in [7, 11) is 3.62. The predicted octanol–water partition coefficient (Wildman–Crippen LogP) is 5.20. The van der Waals surface area contributed by atoms with Gasteiger partial charge in [0.2, 0.25) is 0 Å². The highest BCUT2D eigenvalue weighted by atomic mass is 16.5. The molecule has 0 spiro atoms. The fourth-order valence-electron chi connectivity index (χ4n) is 5.44. The van der Waals surface area contributed by atoms with Crippen LogP contribution >= 0.6 is 0 Å². The number of ether oxygens (including phenoxy) is 2. The summed E-state index contributed by atoms with van der Waals surface area (Å²) >= 11 is 0. The molecule has 194 valence electrons. The molecule has 1 aromatic carbocycles. The highest BCUT2D eigenvalue weighted by Crippen LogP contribution is 2.30. The van der Waals surface area contributed by atoms with Crippen molar-refractivity contribution in [2.24, 2.45) is 0 Å². The molecular formula is C28H48N2O4. The lowest BCUT2D eigenvalue weighted by molar-refractivity contribution is 0.00553. The maximum Gasteiger partial charge on any atom is 0.150 e. The minimum atomic E-state index is 0.211. The van der Waals surface area contributed by atoms with E-state index in [1.54, 1.807) is 24.3 Å². The second-order valence-corrected chi connectivity index (χ2v) is 12.2. The van der Waals surface area contributed by atoms with Crippen LogP contribution in [-0.2, 0) is 9.47 Å². The summed E-state index contributed by atoms with van der Waals surface area (Å²) in [6.45, 7) is 17.9. The molecule has 2 aliphatic heterocycles. The number of hydrogen-bond donors (Lipinski definition) is 2. The molecule has 2 N–H and O–H groups in total. The molecule has 2 aliphatic rings. The molecule has 0 unspecified atom stereocenters. The van der Waals surface area contributed by atoms with Crippen molar-refractivity contribution < 1.29 is 19.1 Å². The van der Waals surface area contributed by atoms with Gasteiger partial charge in [0.1, 0.15) is 12.6 Å². The van der Waals surface area contributed by atoms with Crippen molar-refractivity contribution in [3.63, 3.8) is 0 Å². The van der Waals surface area contributed by atoms with Crippen molar-refractivity contribution in [3.8, 4) is 0 Å². The predicted molar refractivity (Wildman–Crippen MR) is 140 cm³/mol. The highest BCUT2D eigenvalue weighted by molar-refractivity contribution is 5.79. The van der Waals surface area contributed by atoms with Crippen LogP contribution in [0.15, 0.2) is 24.3 Å². The van der Waals surface area contributed by atoms with Gasteiger partial charge in [0.25, 0.3) is 0 Å². The van der Waals surface area contributed by atoms with E-state index in [0.717, 1.165) is 38.3 Å². The van der Waals surface area contributed by atoms with Gasteiger partial charge < -0.3 is 20.1 Å². The fraction of sp³-hybridized carbons (Fsp3) is 0.714. The van der Waals surface area contributed by atoms with Crippen molar-refractivity contribution >= 4 is 12.6 Å². The molecule has 0 aromatic heterocycles. The van der Waals surface area contributed by atoms with E-state index < -0.39 is 0 Å². The monoisotopic (exact) mass is 476 g/mol. The number of piperidine rings is 2. The van der Waals surface area contributed by atoms with Gasteiger partial charge in [-0.05, 0) is 81.1 Å². The Morgan fingerprint density at radius 3 is 1.03 bits per heavy atom. The molecule has 3 rings (SSSR count). The van der Waals surface area contributed by atoms with Crippen molar-refractivity contribution in [2.45, 2.75) is 115 Å². The van der Waals surface area contributed by atoms with Gasteiger partial charge in [-0.15, -0.1) is 0 Å². The molecule has 2 fully saturated rings. The SMILES string of the molecule is COC1CC(C)(C)NC(C)(C)C1.COC1CC(C)(C)NC(C)(C)C1.O=Cc1ccc(C=O)cc1. The molecule has 34 heavy (non-hydrogen) atoms. The average molecular weight is 477 g/mol. The smallest absolute Gasteiger partial charge is 0.150 e. The third-order valence-electron chi connectivity index (χ3n) is 6.18. The van der Waals surface area contributed by atoms with Crippen LogP contribution < -0.4 is 10.6 Å². The molecule has 0 bridgehead atoms. The zero-order valence-corrected chi connectivity index (χ0v) is 23.1. The summed E-state index contributed by atoms with van der Waals surface area (Å²) in [6, 6.07) is 6.43. The molecule has 0 saturated carbocycles. The van der Waals surface area contributed by atoms with Gasteiger partial charge in [-0.3, -0.25) is 9.59 Å². The van der Waals surface area contributed by atoms with Crippen LogP contribution in [0.25, 0.3) is 0 Å². The number of carbonyl (C=O) groups is 2. The van der Waals surface area contributed by atoms with Crippen LogP contribution in [0.3, 0.4) is 0 Å². The Hall–Kier alpha value is -1.60. The minimum Gasteiger partial charge on any atom is -0.381 e. The molecule has 2 saturated heterocycles. The van der Waals surface area contributed by atoms with Gasteiger partial charge in [-0.25, -0.2) is 0 Å². The van der Waals surface area contributed by atoms with Crippen molar-refractivity contribution in [2.75, 3.05) is 14.2 Å². The third kappa shape index (κ3) is 11.2. The first-order chi connectivity index (χ1) is 15.6. The maximum absolute atomic E-state index is 10.1. The Kier molecular flexibility index (Phi) is 11.1. The summed E-state index contributed by atoms with van der Waals surface area (Å²) < 4.78 is 10.8. The van der Waals surface area contributed by atoms with Gasteiger partial charge >= 0.3 is 0 Å². The summed E-state index contributed by atoms with van der Waals surface area (Å²) in [5.41, 5.74) is 2.02. The second kappa shape index (κ2) is 12.4. The Bertz CT molecular complexity index is 672. The van der Waals surface area contributed by atoms with E-state index in [0.29, 0.717) is 23.3 Å². The molecular weight excluding hydrogens is 428 g/mol. The van der Waals surface area contributed by atoms with Crippen LogP contribution in [-0.4, -0.2) is 61.2 Å². The molecule has 0 atom stereocenters. The molecule has 0 radical (unpaired) electrons. The number of rotatable bonds is 4.